The normalized spacial score (nSPS) is 12.4. The van der Waals surface area contributed by atoms with Crippen LogP contribution >= 0.6 is 15.9 Å². The van der Waals surface area contributed by atoms with Crippen molar-refractivity contribution in [2.24, 2.45) is 0 Å². The van der Waals surface area contributed by atoms with E-state index in [1.54, 1.807) is 0 Å². The highest BCUT2D eigenvalue weighted by atomic mass is 79.9. The third kappa shape index (κ3) is 5.24. The van der Waals surface area contributed by atoms with Crippen molar-refractivity contribution in [3.8, 4) is 0 Å². The molecule has 0 radical (unpaired) electrons. The van der Waals surface area contributed by atoms with E-state index >= 15 is 0 Å². The van der Waals surface area contributed by atoms with Crippen LogP contribution < -0.4 is 5.32 Å². The summed E-state index contributed by atoms with van der Waals surface area (Å²) in [5.41, 5.74) is 2.51. The molecule has 1 rings (SSSR count). The smallest absolute Gasteiger partial charge is 0.0739 e. The summed E-state index contributed by atoms with van der Waals surface area (Å²) < 4.78 is 3.22. The molecule has 0 aliphatic heterocycles. The maximum absolute atomic E-state index is 4.53. The van der Waals surface area contributed by atoms with Gasteiger partial charge in [0.25, 0.3) is 0 Å². The molecular formula is C14H27BrN4. The first-order valence-electron chi connectivity index (χ1n) is 6.90. The highest BCUT2D eigenvalue weighted by Crippen LogP contribution is 2.22. The molecule has 5 heteroatoms. The summed E-state index contributed by atoms with van der Waals surface area (Å²) in [4.78, 5) is 2.33. The fourth-order valence-electron chi connectivity index (χ4n) is 1.98. The fraction of sp³-hybridized carbons (Fsp3) is 0.786. The molecule has 19 heavy (non-hydrogen) atoms. The standard InChI is InChI=1S/C14H27BrN4/c1-7-19-12(13(15)11(2)17-19)10-18(6)9-8-16-14(3,4)5/h16H,7-10H2,1-6H3. The van der Waals surface area contributed by atoms with Gasteiger partial charge < -0.3 is 5.32 Å². The van der Waals surface area contributed by atoms with E-state index in [4.69, 9.17) is 0 Å². The van der Waals surface area contributed by atoms with Gasteiger partial charge in [-0.1, -0.05) is 0 Å². The molecule has 0 amide bonds. The van der Waals surface area contributed by atoms with Gasteiger partial charge in [0.15, 0.2) is 0 Å². The minimum atomic E-state index is 0.184. The van der Waals surface area contributed by atoms with Crippen LogP contribution in [0.5, 0.6) is 0 Å². The van der Waals surface area contributed by atoms with Gasteiger partial charge in [0.1, 0.15) is 0 Å². The monoisotopic (exact) mass is 330 g/mol. The van der Waals surface area contributed by atoms with Crippen molar-refractivity contribution in [3.63, 3.8) is 0 Å². The van der Waals surface area contributed by atoms with E-state index in [-0.39, 0.29) is 5.54 Å². The van der Waals surface area contributed by atoms with Crippen molar-refractivity contribution in [3.05, 3.63) is 15.9 Å². The molecule has 0 aliphatic carbocycles. The third-order valence-corrected chi connectivity index (χ3v) is 4.05. The second-order valence-electron chi connectivity index (χ2n) is 6.08. The predicted octanol–water partition coefficient (Wildman–Crippen LogP) is 2.79. The highest BCUT2D eigenvalue weighted by Gasteiger charge is 2.14. The van der Waals surface area contributed by atoms with Crippen molar-refractivity contribution >= 4 is 15.9 Å². The predicted molar refractivity (Wildman–Crippen MR) is 84.4 cm³/mol. The topological polar surface area (TPSA) is 33.1 Å². The lowest BCUT2D eigenvalue weighted by molar-refractivity contribution is 0.294. The minimum Gasteiger partial charge on any atom is -0.311 e. The first kappa shape index (κ1) is 16.7. The zero-order valence-corrected chi connectivity index (χ0v) is 14.6. The molecule has 1 N–H and O–H groups in total. The average molecular weight is 331 g/mol. The van der Waals surface area contributed by atoms with Gasteiger partial charge in [-0.25, -0.2) is 0 Å². The first-order chi connectivity index (χ1) is 8.74. The molecule has 0 saturated carbocycles. The van der Waals surface area contributed by atoms with E-state index in [9.17, 15) is 0 Å². The van der Waals surface area contributed by atoms with E-state index in [0.717, 1.165) is 36.3 Å². The molecule has 0 spiro atoms. The van der Waals surface area contributed by atoms with E-state index in [1.807, 2.05) is 6.92 Å². The van der Waals surface area contributed by atoms with Crippen LogP contribution in [0.2, 0.25) is 0 Å². The van der Waals surface area contributed by atoms with Gasteiger partial charge in [-0.05, 0) is 57.6 Å². The van der Waals surface area contributed by atoms with Crippen molar-refractivity contribution in [1.29, 1.82) is 0 Å². The van der Waals surface area contributed by atoms with Gasteiger partial charge in [0.2, 0.25) is 0 Å². The SMILES string of the molecule is CCn1nc(C)c(Br)c1CN(C)CCNC(C)(C)C. The molecule has 0 aromatic carbocycles. The molecule has 4 nitrogen and oxygen atoms in total. The number of rotatable bonds is 6. The molecule has 0 atom stereocenters. The Bertz CT molecular complexity index is 406. The number of nitrogens with zero attached hydrogens (tertiary/aromatic N) is 3. The zero-order chi connectivity index (χ0) is 14.6. The Labute approximate surface area is 125 Å². The quantitative estimate of drug-likeness (QED) is 0.870. The van der Waals surface area contributed by atoms with Crippen LogP contribution in [0.15, 0.2) is 4.47 Å². The van der Waals surface area contributed by atoms with Crippen LogP contribution in [0.25, 0.3) is 0 Å². The summed E-state index contributed by atoms with van der Waals surface area (Å²) in [6, 6.07) is 0. The molecular weight excluding hydrogens is 304 g/mol. The molecule has 1 aromatic heterocycles. The molecule has 0 unspecified atom stereocenters. The Hall–Kier alpha value is -0.390. The molecule has 0 saturated heterocycles. The Balaban J connectivity index is 2.55. The number of hydrogen-bond donors (Lipinski definition) is 1. The Morgan fingerprint density at radius 1 is 1.37 bits per heavy atom. The Morgan fingerprint density at radius 2 is 2.00 bits per heavy atom. The summed E-state index contributed by atoms with van der Waals surface area (Å²) >= 11 is 3.64. The zero-order valence-electron chi connectivity index (χ0n) is 13.0. The number of aryl methyl sites for hydroxylation is 2. The van der Waals surface area contributed by atoms with Crippen molar-refractivity contribution in [1.82, 2.24) is 20.0 Å². The second-order valence-corrected chi connectivity index (χ2v) is 6.87. The number of likely N-dealkylation sites (N-methyl/N-ethyl adjacent to an activating group) is 1. The Kier molecular flexibility index (Phi) is 6.02. The van der Waals surface area contributed by atoms with E-state index in [1.165, 1.54) is 5.69 Å². The van der Waals surface area contributed by atoms with Crippen LogP contribution in [-0.4, -0.2) is 40.4 Å². The van der Waals surface area contributed by atoms with E-state index in [2.05, 4.69) is 70.7 Å². The molecule has 0 aliphatic rings. The summed E-state index contributed by atoms with van der Waals surface area (Å²) in [6.07, 6.45) is 0. The minimum absolute atomic E-state index is 0.184. The lowest BCUT2D eigenvalue weighted by Gasteiger charge is -2.23. The maximum Gasteiger partial charge on any atom is 0.0739 e. The van der Waals surface area contributed by atoms with Crippen LogP contribution in [0.4, 0.5) is 0 Å². The fourth-order valence-corrected chi connectivity index (χ4v) is 2.39. The molecule has 0 bridgehead atoms. The third-order valence-electron chi connectivity index (χ3n) is 3.02. The van der Waals surface area contributed by atoms with Crippen LogP contribution in [0.3, 0.4) is 0 Å². The number of aromatic nitrogens is 2. The maximum atomic E-state index is 4.53. The van der Waals surface area contributed by atoms with Crippen LogP contribution in [-0.2, 0) is 13.1 Å². The van der Waals surface area contributed by atoms with Crippen LogP contribution in [0.1, 0.15) is 39.1 Å². The van der Waals surface area contributed by atoms with E-state index in [0.29, 0.717) is 0 Å². The number of hydrogen-bond acceptors (Lipinski definition) is 3. The van der Waals surface area contributed by atoms with Gasteiger partial charge in [-0.15, -0.1) is 0 Å². The van der Waals surface area contributed by atoms with Gasteiger partial charge in [0, 0.05) is 31.7 Å². The largest absolute Gasteiger partial charge is 0.311 e. The molecule has 0 fully saturated rings. The summed E-state index contributed by atoms with van der Waals surface area (Å²) in [5.74, 6) is 0. The number of halogens is 1. The second kappa shape index (κ2) is 6.86. The first-order valence-corrected chi connectivity index (χ1v) is 7.69. The summed E-state index contributed by atoms with van der Waals surface area (Å²) in [7, 11) is 2.15. The van der Waals surface area contributed by atoms with Crippen molar-refractivity contribution in [2.45, 2.75) is 53.2 Å². The van der Waals surface area contributed by atoms with Gasteiger partial charge >= 0.3 is 0 Å². The lowest BCUT2D eigenvalue weighted by atomic mass is 10.1. The van der Waals surface area contributed by atoms with Gasteiger partial charge in [-0.2, -0.15) is 5.10 Å². The summed E-state index contributed by atoms with van der Waals surface area (Å²) in [6.45, 7) is 14.6. The highest BCUT2D eigenvalue weighted by molar-refractivity contribution is 9.10. The average Bonchev–Trinajstić information content (AvgIpc) is 2.55. The van der Waals surface area contributed by atoms with Gasteiger partial charge in [-0.3, -0.25) is 9.58 Å². The van der Waals surface area contributed by atoms with Gasteiger partial charge in [0.05, 0.1) is 15.9 Å². The van der Waals surface area contributed by atoms with Crippen molar-refractivity contribution < 1.29 is 0 Å². The Morgan fingerprint density at radius 3 is 2.53 bits per heavy atom. The van der Waals surface area contributed by atoms with Crippen LogP contribution in [0, 0.1) is 6.92 Å². The molecule has 1 heterocycles. The molecule has 1 aromatic rings. The number of nitrogens with one attached hydrogen (secondary N) is 1. The lowest BCUT2D eigenvalue weighted by Crippen LogP contribution is -2.40. The summed E-state index contributed by atoms with van der Waals surface area (Å²) in [5, 5.41) is 8.04. The molecule has 110 valence electrons. The van der Waals surface area contributed by atoms with E-state index < -0.39 is 0 Å². The van der Waals surface area contributed by atoms with Crippen molar-refractivity contribution in [2.75, 3.05) is 20.1 Å².